The molecule has 1 aliphatic rings. The van der Waals surface area contributed by atoms with Crippen LogP contribution in [0.25, 0.3) is 0 Å². The fourth-order valence-corrected chi connectivity index (χ4v) is 2.74. The molecule has 86 valence electrons. The Morgan fingerprint density at radius 1 is 1.44 bits per heavy atom. The summed E-state index contributed by atoms with van der Waals surface area (Å²) in [6, 6.07) is 3.68. The molecule has 1 atom stereocenters. The molecule has 0 aromatic heterocycles. The van der Waals surface area contributed by atoms with Crippen LogP contribution in [-0.2, 0) is 0 Å². The van der Waals surface area contributed by atoms with E-state index in [1.807, 2.05) is 0 Å². The van der Waals surface area contributed by atoms with E-state index >= 15 is 0 Å². The smallest absolute Gasteiger partial charge is 0.254 e. The Balaban J connectivity index is 2.11. The van der Waals surface area contributed by atoms with Crippen LogP contribution in [0.4, 0.5) is 8.78 Å². The number of amides is 1. The van der Waals surface area contributed by atoms with Crippen LogP contribution in [-0.4, -0.2) is 23.5 Å². The Morgan fingerprint density at radius 2 is 2.25 bits per heavy atom. The first kappa shape index (κ1) is 11.4. The van der Waals surface area contributed by atoms with Gasteiger partial charge in [0.15, 0.2) is 11.6 Å². The SMILES string of the molecule is O=C(NC1CCSC1)c1cccc(F)c1F. The zero-order valence-corrected chi connectivity index (χ0v) is 9.32. The topological polar surface area (TPSA) is 29.1 Å². The van der Waals surface area contributed by atoms with E-state index in [2.05, 4.69) is 5.32 Å². The van der Waals surface area contributed by atoms with Crippen molar-refractivity contribution in [3.05, 3.63) is 35.4 Å². The Bertz CT molecular complexity index is 405. The first-order valence-electron chi connectivity index (χ1n) is 5.01. The monoisotopic (exact) mass is 243 g/mol. The lowest BCUT2D eigenvalue weighted by atomic mass is 10.1. The summed E-state index contributed by atoms with van der Waals surface area (Å²) in [6.07, 6.45) is 0.882. The molecule has 0 bridgehead atoms. The lowest BCUT2D eigenvalue weighted by molar-refractivity contribution is 0.0936. The van der Waals surface area contributed by atoms with E-state index in [4.69, 9.17) is 0 Å². The molecule has 16 heavy (non-hydrogen) atoms. The molecule has 1 unspecified atom stereocenters. The van der Waals surface area contributed by atoms with Crippen LogP contribution in [0.3, 0.4) is 0 Å². The van der Waals surface area contributed by atoms with Gasteiger partial charge in [-0.05, 0) is 24.3 Å². The van der Waals surface area contributed by atoms with Gasteiger partial charge >= 0.3 is 0 Å². The van der Waals surface area contributed by atoms with Crippen LogP contribution < -0.4 is 5.32 Å². The second-order valence-electron chi connectivity index (χ2n) is 3.64. The molecule has 0 saturated carbocycles. The zero-order chi connectivity index (χ0) is 11.5. The van der Waals surface area contributed by atoms with Gasteiger partial charge in [0.1, 0.15) is 0 Å². The molecule has 1 heterocycles. The average Bonchev–Trinajstić information content (AvgIpc) is 2.74. The van der Waals surface area contributed by atoms with Crippen LogP contribution in [0, 0.1) is 11.6 Å². The molecule has 2 rings (SSSR count). The Hall–Kier alpha value is -1.10. The molecule has 0 spiro atoms. The molecule has 0 radical (unpaired) electrons. The van der Waals surface area contributed by atoms with Crippen molar-refractivity contribution in [3.8, 4) is 0 Å². The average molecular weight is 243 g/mol. The highest BCUT2D eigenvalue weighted by Crippen LogP contribution is 2.18. The van der Waals surface area contributed by atoms with Gasteiger partial charge in [-0.3, -0.25) is 4.79 Å². The summed E-state index contributed by atoms with van der Waals surface area (Å²) in [7, 11) is 0. The lowest BCUT2D eigenvalue weighted by Crippen LogP contribution is -2.35. The predicted octanol–water partition coefficient (Wildman–Crippen LogP) is 2.20. The van der Waals surface area contributed by atoms with Gasteiger partial charge in [-0.2, -0.15) is 11.8 Å². The third-order valence-electron chi connectivity index (χ3n) is 2.46. The molecule has 0 aliphatic carbocycles. The Kier molecular flexibility index (Phi) is 3.43. The number of thioether (sulfide) groups is 1. The molecule has 1 aromatic carbocycles. The third kappa shape index (κ3) is 2.35. The summed E-state index contributed by atoms with van der Waals surface area (Å²) in [6.45, 7) is 0. The number of benzene rings is 1. The standard InChI is InChI=1S/C11H11F2NOS/c12-9-3-1-2-8(10(9)13)11(15)14-7-4-5-16-6-7/h1-3,7H,4-6H2,(H,14,15). The molecule has 1 N–H and O–H groups in total. The molecule has 5 heteroatoms. The number of halogens is 2. The molecule has 1 fully saturated rings. The van der Waals surface area contributed by atoms with Crippen LogP contribution in [0.2, 0.25) is 0 Å². The first-order valence-corrected chi connectivity index (χ1v) is 6.16. The second kappa shape index (κ2) is 4.82. The number of carbonyl (C=O) groups excluding carboxylic acids is 1. The van der Waals surface area contributed by atoms with Crippen LogP contribution in [0.5, 0.6) is 0 Å². The number of rotatable bonds is 2. The van der Waals surface area contributed by atoms with E-state index in [0.717, 1.165) is 24.0 Å². The highest BCUT2D eigenvalue weighted by atomic mass is 32.2. The van der Waals surface area contributed by atoms with Gasteiger partial charge in [0.05, 0.1) is 5.56 Å². The van der Waals surface area contributed by atoms with Crippen molar-refractivity contribution in [3.63, 3.8) is 0 Å². The number of hydrogen-bond acceptors (Lipinski definition) is 2. The van der Waals surface area contributed by atoms with Crippen molar-refractivity contribution in [2.45, 2.75) is 12.5 Å². The molecule has 1 aliphatic heterocycles. The quantitative estimate of drug-likeness (QED) is 0.862. The maximum atomic E-state index is 13.3. The van der Waals surface area contributed by atoms with E-state index < -0.39 is 17.5 Å². The van der Waals surface area contributed by atoms with Crippen molar-refractivity contribution < 1.29 is 13.6 Å². The molecular weight excluding hydrogens is 232 g/mol. The number of nitrogens with one attached hydrogen (secondary N) is 1. The molecule has 1 amide bonds. The Labute approximate surface area is 96.4 Å². The normalized spacial score (nSPS) is 19.8. The van der Waals surface area contributed by atoms with E-state index in [1.165, 1.54) is 12.1 Å². The minimum Gasteiger partial charge on any atom is -0.348 e. The minimum absolute atomic E-state index is 0.0696. The van der Waals surface area contributed by atoms with Crippen LogP contribution in [0.1, 0.15) is 16.8 Å². The highest BCUT2D eigenvalue weighted by Gasteiger charge is 2.21. The summed E-state index contributed by atoms with van der Waals surface area (Å²) in [5.41, 5.74) is -0.225. The highest BCUT2D eigenvalue weighted by molar-refractivity contribution is 7.99. The van der Waals surface area contributed by atoms with Gasteiger partial charge in [-0.15, -0.1) is 0 Å². The van der Waals surface area contributed by atoms with E-state index in [1.54, 1.807) is 11.8 Å². The Morgan fingerprint density at radius 3 is 2.94 bits per heavy atom. The van der Waals surface area contributed by atoms with Gasteiger partial charge < -0.3 is 5.32 Å². The molecular formula is C11H11F2NOS. The van der Waals surface area contributed by atoms with Crippen molar-refractivity contribution in [2.24, 2.45) is 0 Å². The fourth-order valence-electron chi connectivity index (χ4n) is 1.59. The van der Waals surface area contributed by atoms with Gasteiger partial charge in [0, 0.05) is 11.8 Å². The predicted molar refractivity (Wildman–Crippen MR) is 59.6 cm³/mol. The van der Waals surface area contributed by atoms with E-state index in [0.29, 0.717) is 0 Å². The fraction of sp³-hybridized carbons (Fsp3) is 0.364. The van der Waals surface area contributed by atoms with Crippen molar-refractivity contribution >= 4 is 17.7 Å². The van der Waals surface area contributed by atoms with Gasteiger partial charge in [0.2, 0.25) is 0 Å². The third-order valence-corrected chi connectivity index (χ3v) is 3.62. The lowest BCUT2D eigenvalue weighted by Gasteiger charge is -2.11. The number of hydrogen-bond donors (Lipinski definition) is 1. The van der Waals surface area contributed by atoms with E-state index in [-0.39, 0.29) is 11.6 Å². The maximum Gasteiger partial charge on any atom is 0.254 e. The van der Waals surface area contributed by atoms with Gasteiger partial charge in [0.25, 0.3) is 5.91 Å². The van der Waals surface area contributed by atoms with Crippen molar-refractivity contribution in [1.82, 2.24) is 5.32 Å². The van der Waals surface area contributed by atoms with Crippen LogP contribution >= 0.6 is 11.8 Å². The van der Waals surface area contributed by atoms with Crippen molar-refractivity contribution in [2.75, 3.05) is 11.5 Å². The molecule has 1 saturated heterocycles. The minimum atomic E-state index is -1.08. The second-order valence-corrected chi connectivity index (χ2v) is 4.79. The molecule has 1 aromatic rings. The molecule has 2 nitrogen and oxygen atoms in total. The summed E-state index contributed by atoms with van der Waals surface area (Å²) >= 11 is 1.74. The van der Waals surface area contributed by atoms with Crippen LogP contribution in [0.15, 0.2) is 18.2 Å². The summed E-state index contributed by atoms with van der Waals surface area (Å²) in [5.74, 6) is -0.775. The van der Waals surface area contributed by atoms with Crippen molar-refractivity contribution in [1.29, 1.82) is 0 Å². The van der Waals surface area contributed by atoms with Gasteiger partial charge in [-0.1, -0.05) is 6.07 Å². The zero-order valence-electron chi connectivity index (χ0n) is 8.50. The first-order chi connectivity index (χ1) is 7.68. The summed E-state index contributed by atoms with van der Waals surface area (Å²) in [4.78, 5) is 11.6. The maximum absolute atomic E-state index is 13.3. The van der Waals surface area contributed by atoms with Gasteiger partial charge in [-0.25, -0.2) is 8.78 Å². The van der Waals surface area contributed by atoms with E-state index in [9.17, 15) is 13.6 Å². The largest absolute Gasteiger partial charge is 0.348 e. The number of carbonyl (C=O) groups is 1. The summed E-state index contributed by atoms with van der Waals surface area (Å²) < 4.78 is 26.2. The summed E-state index contributed by atoms with van der Waals surface area (Å²) in [5, 5.41) is 2.70.